The first kappa shape index (κ1) is 14.9. The second kappa shape index (κ2) is 5.86. The lowest BCUT2D eigenvalue weighted by Gasteiger charge is -2.16. The van der Waals surface area contributed by atoms with Crippen molar-refractivity contribution in [3.8, 4) is 0 Å². The molecule has 1 amide bonds. The quantitative estimate of drug-likeness (QED) is 0.534. The van der Waals surface area contributed by atoms with E-state index in [2.05, 4.69) is 4.72 Å². The van der Waals surface area contributed by atoms with Crippen molar-refractivity contribution in [2.75, 3.05) is 0 Å². The summed E-state index contributed by atoms with van der Waals surface area (Å²) in [5.74, 6) is -1.07. The molecule has 1 aromatic rings. The van der Waals surface area contributed by atoms with Gasteiger partial charge in [0, 0.05) is 0 Å². The molecule has 1 aliphatic carbocycles. The number of halogens is 1. The predicted molar refractivity (Wildman–Crippen MR) is 67.8 cm³/mol. The molecular formula is C12H15FN2O4S. The molecule has 8 heteroatoms. The first-order chi connectivity index (χ1) is 9.42. The van der Waals surface area contributed by atoms with Gasteiger partial charge >= 0.3 is 0 Å². The van der Waals surface area contributed by atoms with Crippen LogP contribution in [0, 0.1) is 11.7 Å². The van der Waals surface area contributed by atoms with E-state index in [-0.39, 0.29) is 10.8 Å². The maximum atomic E-state index is 12.8. The van der Waals surface area contributed by atoms with Crippen molar-refractivity contribution >= 4 is 15.9 Å². The van der Waals surface area contributed by atoms with E-state index < -0.39 is 27.8 Å². The number of hydroxylamine groups is 1. The van der Waals surface area contributed by atoms with E-state index in [9.17, 15) is 17.6 Å². The second-order valence-corrected chi connectivity index (χ2v) is 6.50. The zero-order valence-electron chi connectivity index (χ0n) is 10.5. The van der Waals surface area contributed by atoms with Crippen molar-refractivity contribution in [1.82, 2.24) is 10.2 Å². The zero-order chi connectivity index (χ0) is 14.8. The Bertz CT molecular complexity index is 584. The number of carbonyl (C=O) groups excluding carboxylic acids is 1. The van der Waals surface area contributed by atoms with Gasteiger partial charge in [-0.25, -0.2) is 18.3 Å². The Morgan fingerprint density at radius 3 is 2.45 bits per heavy atom. The number of benzene rings is 1. The van der Waals surface area contributed by atoms with E-state index >= 15 is 0 Å². The van der Waals surface area contributed by atoms with Crippen LogP contribution in [0.5, 0.6) is 0 Å². The highest BCUT2D eigenvalue weighted by molar-refractivity contribution is 7.89. The third-order valence-corrected chi connectivity index (χ3v) is 4.60. The maximum Gasteiger partial charge on any atom is 0.261 e. The summed E-state index contributed by atoms with van der Waals surface area (Å²) in [4.78, 5) is 11.4. The fourth-order valence-electron chi connectivity index (χ4n) is 1.84. The van der Waals surface area contributed by atoms with Gasteiger partial charge in [-0.3, -0.25) is 10.0 Å². The summed E-state index contributed by atoms with van der Waals surface area (Å²) in [6, 6.07) is 3.24. The smallest absolute Gasteiger partial charge is 0.261 e. The fourth-order valence-corrected chi connectivity index (χ4v) is 3.05. The van der Waals surface area contributed by atoms with Crippen molar-refractivity contribution < 1.29 is 22.8 Å². The molecule has 0 heterocycles. The van der Waals surface area contributed by atoms with Crippen LogP contribution in [0.1, 0.15) is 19.3 Å². The molecule has 0 radical (unpaired) electrons. The minimum Gasteiger partial charge on any atom is -0.289 e. The van der Waals surface area contributed by atoms with Gasteiger partial charge < -0.3 is 0 Å². The van der Waals surface area contributed by atoms with Crippen LogP contribution in [0.25, 0.3) is 0 Å². The minimum atomic E-state index is -3.94. The van der Waals surface area contributed by atoms with Gasteiger partial charge in [0.1, 0.15) is 11.9 Å². The lowest BCUT2D eigenvalue weighted by atomic mass is 10.1. The highest BCUT2D eigenvalue weighted by atomic mass is 32.2. The second-order valence-electron chi connectivity index (χ2n) is 4.78. The van der Waals surface area contributed by atoms with Gasteiger partial charge in [0.15, 0.2) is 0 Å². The molecule has 0 aromatic heterocycles. The number of hydrogen-bond acceptors (Lipinski definition) is 4. The number of nitrogens with one attached hydrogen (secondary N) is 2. The normalized spacial score (nSPS) is 16.7. The fraction of sp³-hybridized carbons (Fsp3) is 0.417. The molecule has 1 saturated carbocycles. The molecule has 1 atom stereocenters. The first-order valence-electron chi connectivity index (χ1n) is 6.14. The van der Waals surface area contributed by atoms with E-state index in [4.69, 9.17) is 5.21 Å². The SMILES string of the molecule is O=C(NO)C(CC1CC1)NS(=O)(=O)c1ccc(F)cc1. The van der Waals surface area contributed by atoms with Crippen LogP contribution in [0.4, 0.5) is 4.39 Å². The van der Waals surface area contributed by atoms with Crippen LogP contribution in [-0.2, 0) is 14.8 Å². The Balaban J connectivity index is 2.14. The molecule has 3 N–H and O–H groups in total. The molecular weight excluding hydrogens is 287 g/mol. The summed E-state index contributed by atoms with van der Waals surface area (Å²) in [5, 5.41) is 8.66. The van der Waals surface area contributed by atoms with Gasteiger partial charge in [-0.15, -0.1) is 0 Å². The minimum absolute atomic E-state index is 0.134. The molecule has 1 fully saturated rings. The standard InChI is InChI=1S/C12H15FN2O4S/c13-9-3-5-10(6-4-9)20(18,19)15-11(12(16)14-17)7-8-1-2-8/h3-6,8,11,15,17H,1-2,7H2,(H,14,16). The monoisotopic (exact) mass is 302 g/mol. The third-order valence-electron chi connectivity index (χ3n) is 3.11. The van der Waals surface area contributed by atoms with E-state index in [0.29, 0.717) is 6.42 Å². The molecule has 1 unspecified atom stereocenters. The predicted octanol–water partition coefficient (Wildman–Crippen LogP) is 0.778. The molecule has 20 heavy (non-hydrogen) atoms. The molecule has 0 aliphatic heterocycles. The average Bonchev–Trinajstić information content (AvgIpc) is 3.21. The van der Waals surface area contributed by atoms with Crippen LogP contribution < -0.4 is 10.2 Å². The largest absolute Gasteiger partial charge is 0.289 e. The van der Waals surface area contributed by atoms with Crippen molar-refractivity contribution in [1.29, 1.82) is 0 Å². The van der Waals surface area contributed by atoms with Crippen molar-refractivity contribution in [2.24, 2.45) is 5.92 Å². The highest BCUT2D eigenvalue weighted by Crippen LogP contribution is 2.33. The van der Waals surface area contributed by atoms with Gasteiger partial charge in [-0.05, 0) is 36.6 Å². The summed E-state index contributed by atoms with van der Waals surface area (Å²) in [7, 11) is -3.94. The first-order valence-corrected chi connectivity index (χ1v) is 7.62. The summed E-state index contributed by atoms with van der Waals surface area (Å²) in [5.41, 5.74) is 1.46. The third kappa shape index (κ3) is 3.75. The summed E-state index contributed by atoms with van der Waals surface area (Å²) in [6.07, 6.45) is 2.20. The van der Waals surface area contributed by atoms with Gasteiger partial charge in [-0.2, -0.15) is 4.72 Å². The number of amides is 1. The van der Waals surface area contributed by atoms with Crippen molar-refractivity contribution in [3.63, 3.8) is 0 Å². The van der Waals surface area contributed by atoms with E-state index in [1.165, 1.54) is 5.48 Å². The number of carbonyl (C=O) groups is 1. The lowest BCUT2D eigenvalue weighted by Crippen LogP contribution is -2.46. The van der Waals surface area contributed by atoms with Gasteiger partial charge in [0.05, 0.1) is 4.90 Å². The molecule has 2 rings (SSSR count). The topological polar surface area (TPSA) is 95.5 Å². The van der Waals surface area contributed by atoms with Crippen molar-refractivity contribution in [3.05, 3.63) is 30.1 Å². The van der Waals surface area contributed by atoms with Crippen LogP contribution in [0.15, 0.2) is 29.2 Å². The molecule has 0 saturated heterocycles. The molecule has 1 aromatic carbocycles. The Hall–Kier alpha value is -1.51. The van der Waals surface area contributed by atoms with Gasteiger partial charge in [0.2, 0.25) is 10.0 Å². The number of hydrogen-bond donors (Lipinski definition) is 3. The van der Waals surface area contributed by atoms with Crippen LogP contribution in [0.2, 0.25) is 0 Å². The Labute approximate surface area is 116 Å². The molecule has 1 aliphatic rings. The Morgan fingerprint density at radius 2 is 1.95 bits per heavy atom. The van der Waals surface area contributed by atoms with E-state index in [1.54, 1.807) is 0 Å². The summed E-state index contributed by atoms with van der Waals surface area (Å²) < 4.78 is 39.2. The Morgan fingerprint density at radius 1 is 1.35 bits per heavy atom. The number of sulfonamides is 1. The lowest BCUT2D eigenvalue weighted by molar-refractivity contribution is -0.131. The zero-order valence-corrected chi connectivity index (χ0v) is 11.4. The molecule has 110 valence electrons. The number of rotatable bonds is 6. The van der Waals surface area contributed by atoms with E-state index in [1.807, 2.05) is 0 Å². The average molecular weight is 302 g/mol. The Kier molecular flexibility index (Phi) is 4.36. The highest BCUT2D eigenvalue weighted by Gasteiger charge is 2.32. The van der Waals surface area contributed by atoms with Gasteiger partial charge in [-0.1, -0.05) is 12.8 Å². The van der Waals surface area contributed by atoms with Crippen LogP contribution in [-0.4, -0.2) is 25.6 Å². The maximum absolute atomic E-state index is 12.8. The van der Waals surface area contributed by atoms with Crippen molar-refractivity contribution in [2.45, 2.75) is 30.2 Å². The summed E-state index contributed by atoms with van der Waals surface area (Å²) >= 11 is 0. The van der Waals surface area contributed by atoms with E-state index in [0.717, 1.165) is 37.1 Å². The molecule has 0 bridgehead atoms. The van der Waals surface area contributed by atoms with Gasteiger partial charge in [0.25, 0.3) is 5.91 Å². The van der Waals surface area contributed by atoms with Crippen LogP contribution in [0.3, 0.4) is 0 Å². The van der Waals surface area contributed by atoms with Crippen LogP contribution >= 0.6 is 0 Å². The summed E-state index contributed by atoms with van der Waals surface area (Å²) in [6.45, 7) is 0. The molecule has 6 nitrogen and oxygen atoms in total. The molecule has 0 spiro atoms.